The highest BCUT2D eigenvalue weighted by Crippen LogP contribution is 2.57. The third-order valence-corrected chi connectivity index (χ3v) is 10.7. The quantitative estimate of drug-likeness (QED) is 0.271. The maximum Gasteiger partial charge on any atom is 0.255 e. The molecule has 5 rings (SSSR count). The Hall–Kier alpha value is -2.71. The van der Waals surface area contributed by atoms with Gasteiger partial charge in [0.05, 0.1) is 38.9 Å². The fourth-order valence-electron chi connectivity index (χ4n) is 5.45. The van der Waals surface area contributed by atoms with Crippen LogP contribution < -0.4 is 10.6 Å². The Kier molecular flexibility index (Phi) is 8.51. The van der Waals surface area contributed by atoms with E-state index in [1.807, 2.05) is 0 Å². The summed E-state index contributed by atoms with van der Waals surface area (Å²) in [6, 6.07) is 4.61. The first kappa shape index (κ1) is 31.2. The van der Waals surface area contributed by atoms with E-state index in [1.165, 1.54) is 26.0 Å². The maximum absolute atomic E-state index is 13.6. The van der Waals surface area contributed by atoms with Gasteiger partial charge in [-0.05, 0) is 63.1 Å². The highest BCUT2D eigenvalue weighted by Gasteiger charge is 2.60. The van der Waals surface area contributed by atoms with Crippen molar-refractivity contribution >= 4 is 38.9 Å². The number of rotatable bonds is 9. The molecule has 2 amide bonds. The lowest BCUT2D eigenvalue weighted by atomic mass is 9.52. The van der Waals surface area contributed by atoms with Crippen LogP contribution in [0.2, 0.25) is 5.02 Å². The Labute approximate surface area is 239 Å². The van der Waals surface area contributed by atoms with Gasteiger partial charge >= 0.3 is 0 Å². The van der Waals surface area contributed by atoms with Gasteiger partial charge in [-0.1, -0.05) is 11.6 Å². The molecule has 0 saturated heterocycles. The van der Waals surface area contributed by atoms with E-state index in [1.54, 1.807) is 0 Å². The zero-order valence-corrected chi connectivity index (χ0v) is 23.7. The average Bonchev–Trinajstić information content (AvgIpc) is 2.89. The minimum Gasteiger partial charge on any atom is -0.389 e. The molecule has 3 aliphatic carbocycles. The third kappa shape index (κ3) is 6.24. The smallest absolute Gasteiger partial charge is 0.255 e. The van der Waals surface area contributed by atoms with Gasteiger partial charge in [0, 0.05) is 29.9 Å². The molecule has 2 aromatic rings. The zero-order valence-electron chi connectivity index (χ0n) is 22.1. The van der Waals surface area contributed by atoms with Gasteiger partial charge in [0.25, 0.3) is 5.91 Å². The van der Waals surface area contributed by atoms with Crippen LogP contribution in [0.1, 0.15) is 49.9 Å². The van der Waals surface area contributed by atoms with Gasteiger partial charge in [0.15, 0.2) is 27.3 Å². The van der Waals surface area contributed by atoms with Crippen LogP contribution in [0.3, 0.4) is 0 Å². The van der Waals surface area contributed by atoms with E-state index in [0.29, 0.717) is 18.6 Å². The Balaban J connectivity index is 1.45. The van der Waals surface area contributed by atoms with Gasteiger partial charge < -0.3 is 26.0 Å². The number of carbonyl (C=O) groups is 2. The van der Waals surface area contributed by atoms with Crippen molar-refractivity contribution in [1.29, 1.82) is 0 Å². The molecule has 14 heteroatoms. The summed E-state index contributed by atoms with van der Waals surface area (Å²) < 4.78 is 67.4. The largest absolute Gasteiger partial charge is 0.389 e. The van der Waals surface area contributed by atoms with E-state index >= 15 is 0 Å². The number of aliphatic hydroxyl groups is 3. The molecule has 41 heavy (non-hydrogen) atoms. The molecule has 3 fully saturated rings. The van der Waals surface area contributed by atoms with E-state index in [4.69, 9.17) is 11.6 Å². The van der Waals surface area contributed by atoms with Crippen molar-refractivity contribution in [1.82, 2.24) is 5.32 Å². The van der Waals surface area contributed by atoms with E-state index in [0.717, 1.165) is 6.07 Å². The zero-order chi connectivity index (χ0) is 30.5. The topological polar surface area (TPSA) is 153 Å². The number of aliphatic hydroxyl groups excluding tert-OH is 1. The van der Waals surface area contributed by atoms with Gasteiger partial charge in [-0.25, -0.2) is 21.6 Å². The van der Waals surface area contributed by atoms with Crippen molar-refractivity contribution in [3.05, 3.63) is 58.4 Å². The molecule has 0 aliphatic heterocycles. The molecule has 9 nitrogen and oxygen atoms in total. The second-order valence-electron chi connectivity index (χ2n) is 11.3. The average molecular weight is 619 g/mol. The predicted molar refractivity (Wildman–Crippen MR) is 142 cm³/mol. The van der Waals surface area contributed by atoms with Crippen molar-refractivity contribution in [2.45, 2.75) is 67.0 Å². The third-order valence-electron chi connectivity index (χ3n) is 8.01. The van der Waals surface area contributed by atoms with Crippen LogP contribution >= 0.6 is 11.6 Å². The molecule has 5 N–H and O–H groups in total. The molecule has 3 atom stereocenters. The van der Waals surface area contributed by atoms with Crippen LogP contribution in [0.4, 0.5) is 18.9 Å². The number of amides is 2. The van der Waals surface area contributed by atoms with Gasteiger partial charge in [0.1, 0.15) is 0 Å². The number of carbonyl (C=O) groups excluding carboxylic acids is 2. The summed E-state index contributed by atoms with van der Waals surface area (Å²) in [4.78, 5) is 24.8. The SMILES string of the molecule is CC(C)(O)C(O)CNC(=O)CC1(O)C2CC1CC(S(=O)(=O)c1cc(C(=O)Nc3cc(F)c(F)c(F)c3)ccc1Cl)C2. The predicted octanol–water partition coefficient (Wildman–Crippen LogP) is 2.95. The normalized spacial score (nSPS) is 24.8. The molecule has 3 aliphatic rings. The van der Waals surface area contributed by atoms with E-state index in [9.17, 15) is 46.5 Å². The maximum atomic E-state index is 13.6. The fraction of sp³-hybridized carbons (Fsp3) is 0.481. The highest BCUT2D eigenvalue weighted by molar-refractivity contribution is 7.92. The van der Waals surface area contributed by atoms with E-state index in [-0.39, 0.29) is 47.0 Å². The first-order chi connectivity index (χ1) is 18.9. The van der Waals surface area contributed by atoms with Crippen LogP contribution in [-0.4, -0.2) is 64.7 Å². The molecule has 3 saturated carbocycles. The molecular formula is C27H30ClF3N2O7S. The summed E-state index contributed by atoms with van der Waals surface area (Å²) in [5, 5.41) is 34.5. The van der Waals surface area contributed by atoms with Crippen molar-refractivity contribution in [2.75, 3.05) is 11.9 Å². The summed E-state index contributed by atoms with van der Waals surface area (Å²) >= 11 is 6.20. The van der Waals surface area contributed by atoms with Crippen LogP contribution in [0, 0.1) is 29.3 Å². The number of nitrogens with one attached hydrogen (secondary N) is 2. The van der Waals surface area contributed by atoms with Crippen LogP contribution in [0.15, 0.2) is 35.2 Å². The Morgan fingerprint density at radius 1 is 1.10 bits per heavy atom. The molecule has 0 radical (unpaired) electrons. The fourth-order valence-corrected chi connectivity index (χ4v) is 7.85. The molecule has 224 valence electrons. The standard InChI is InChI=1S/C27H30ClF3N2O7S/c1-26(2,37)22(34)12-32-23(35)11-27(38)14-6-15(27)8-17(7-14)41(39,40)21-5-13(3-4-18(21)28)25(36)33-16-9-19(29)24(31)20(30)10-16/h3-5,9-10,14-15,17,22,34,37-38H,6-8,11-12H2,1-2H3,(H,32,35)(H,33,36). The van der Waals surface area contributed by atoms with E-state index in [2.05, 4.69) is 10.6 Å². The minimum absolute atomic E-state index is 0.0375. The van der Waals surface area contributed by atoms with Gasteiger partial charge in [0.2, 0.25) is 5.91 Å². The van der Waals surface area contributed by atoms with Crippen LogP contribution in [0.5, 0.6) is 0 Å². The number of benzene rings is 2. The van der Waals surface area contributed by atoms with Gasteiger partial charge in [-0.15, -0.1) is 0 Å². The number of anilines is 1. The summed E-state index contributed by atoms with van der Waals surface area (Å²) in [7, 11) is -4.11. The van der Waals surface area contributed by atoms with Crippen molar-refractivity contribution in [2.24, 2.45) is 11.8 Å². The Bertz CT molecular complexity index is 1450. The second-order valence-corrected chi connectivity index (χ2v) is 13.9. The van der Waals surface area contributed by atoms with Crippen LogP contribution in [-0.2, 0) is 14.6 Å². The molecule has 2 aromatic carbocycles. The van der Waals surface area contributed by atoms with Crippen molar-refractivity contribution in [3.8, 4) is 0 Å². The second kappa shape index (κ2) is 11.2. The first-order valence-electron chi connectivity index (χ1n) is 12.8. The molecule has 0 spiro atoms. The van der Waals surface area contributed by atoms with E-state index < -0.39 is 73.5 Å². The summed E-state index contributed by atoms with van der Waals surface area (Å²) in [6.45, 7) is 2.55. The Morgan fingerprint density at radius 2 is 1.68 bits per heavy atom. The number of hydrogen-bond donors (Lipinski definition) is 5. The summed E-state index contributed by atoms with van der Waals surface area (Å²) in [6.07, 6.45) is -0.930. The monoisotopic (exact) mass is 618 g/mol. The van der Waals surface area contributed by atoms with Crippen molar-refractivity contribution < 1.29 is 46.5 Å². The minimum atomic E-state index is -4.11. The molecule has 3 unspecified atom stereocenters. The lowest BCUT2D eigenvalue weighted by Gasteiger charge is -2.58. The highest BCUT2D eigenvalue weighted by atomic mass is 35.5. The number of sulfone groups is 1. The molecular weight excluding hydrogens is 589 g/mol. The summed E-state index contributed by atoms with van der Waals surface area (Å²) in [5.41, 5.74) is -3.42. The number of halogens is 4. The molecule has 0 heterocycles. The molecule has 0 aromatic heterocycles. The lowest BCUT2D eigenvalue weighted by Crippen LogP contribution is -2.63. The van der Waals surface area contributed by atoms with Gasteiger partial charge in [-0.3, -0.25) is 9.59 Å². The number of fused-ring (bicyclic) bond motifs is 2. The first-order valence-corrected chi connectivity index (χ1v) is 14.7. The lowest BCUT2D eigenvalue weighted by molar-refractivity contribution is -0.184. The Morgan fingerprint density at radius 3 is 2.24 bits per heavy atom. The number of hydrogen-bond acceptors (Lipinski definition) is 7. The van der Waals surface area contributed by atoms with Crippen LogP contribution in [0.25, 0.3) is 0 Å². The van der Waals surface area contributed by atoms with Gasteiger partial charge in [-0.2, -0.15) is 0 Å². The molecule has 2 bridgehead atoms. The summed E-state index contributed by atoms with van der Waals surface area (Å²) in [5.74, 6) is -7.19. The van der Waals surface area contributed by atoms with Crippen molar-refractivity contribution in [3.63, 3.8) is 0 Å².